The normalized spacial score (nSPS) is 18.0. The van der Waals surface area contributed by atoms with Crippen molar-refractivity contribution in [3.8, 4) is 0 Å². The van der Waals surface area contributed by atoms with Crippen LogP contribution >= 0.6 is 0 Å². The van der Waals surface area contributed by atoms with E-state index >= 15 is 0 Å². The van der Waals surface area contributed by atoms with Crippen LogP contribution in [0.1, 0.15) is 54.2 Å². The van der Waals surface area contributed by atoms with E-state index in [9.17, 15) is 9.59 Å². The third kappa shape index (κ3) is 2.73. The van der Waals surface area contributed by atoms with Gasteiger partial charge in [0.2, 0.25) is 0 Å². The Morgan fingerprint density at radius 2 is 2.28 bits per heavy atom. The molecule has 1 saturated heterocycles. The fourth-order valence-electron chi connectivity index (χ4n) is 3.33. The van der Waals surface area contributed by atoms with Gasteiger partial charge in [0.25, 0.3) is 11.5 Å². The second-order valence-electron chi connectivity index (χ2n) is 6.22. The molecule has 1 atom stereocenters. The number of aromatic nitrogens is 4. The summed E-state index contributed by atoms with van der Waals surface area (Å²) in [4.78, 5) is 31.5. The average Bonchev–Trinajstić information content (AvgIpc) is 3.30. The highest BCUT2D eigenvalue weighted by Gasteiger charge is 2.31. The quantitative estimate of drug-likeness (QED) is 0.785. The molecule has 3 aromatic rings. The average molecular weight is 341 g/mol. The van der Waals surface area contributed by atoms with E-state index < -0.39 is 0 Å². The van der Waals surface area contributed by atoms with Gasteiger partial charge in [-0.15, -0.1) is 0 Å². The summed E-state index contributed by atoms with van der Waals surface area (Å²) in [6.45, 7) is 2.56. The molecule has 0 bridgehead atoms. The molecule has 1 aliphatic heterocycles. The lowest BCUT2D eigenvalue weighted by Gasteiger charge is -2.34. The van der Waals surface area contributed by atoms with Gasteiger partial charge in [0.1, 0.15) is 5.76 Å². The second-order valence-corrected chi connectivity index (χ2v) is 6.22. The standard InChI is InChI=1S/C17H19N5O3/c1-2-11-9-13(20-25-11)17(24)21-8-4-3-5-14(21)12-10-16(23)22-15(19-12)6-7-18-22/h6-7,9-10,14,18H,2-5,8H2,1H3. The highest BCUT2D eigenvalue weighted by atomic mass is 16.5. The molecule has 130 valence electrons. The number of nitrogens with one attached hydrogen (secondary N) is 1. The first-order chi connectivity index (χ1) is 12.2. The van der Waals surface area contributed by atoms with Crippen molar-refractivity contribution in [1.82, 2.24) is 24.7 Å². The van der Waals surface area contributed by atoms with E-state index in [4.69, 9.17) is 4.52 Å². The molecule has 1 unspecified atom stereocenters. The number of likely N-dealkylation sites (tertiary alicyclic amines) is 1. The molecular formula is C17H19N5O3. The lowest BCUT2D eigenvalue weighted by atomic mass is 9.98. The zero-order valence-electron chi connectivity index (χ0n) is 13.9. The van der Waals surface area contributed by atoms with Gasteiger partial charge in [0, 0.05) is 37.4 Å². The van der Waals surface area contributed by atoms with Gasteiger partial charge in [-0.05, 0) is 19.3 Å². The molecule has 1 N–H and O–H groups in total. The Kier molecular flexibility index (Phi) is 3.87. The van der Waals surface area contributed by atoms with E-state index in [1.165, 1.54) is 10.6 Å². The molecule has 8 nitrogen and oxygen atoms in total. The number of carbonyl (C=O) groups is 1. The van der Waals surface area contributed by atoms with Crippen LogP contribution in [0.4, 0.5) is 0 Å². The monoisotopic (exact) mass is 341 g/mol. The van der Waals surface area contributed by atoms with Gasteiger partial charge < -0.3 is 9.42 Å². The van der Waals surface area contributed by atoms with Crippen molar-refractivity contribution in [3.05, 3.63) is 51.9 Å². The molecule has 0 aliphatic carbocycles. The maximum Gasteiger partial charge on any atom is 0.276 e. The van der Waals surface area contributed by atoms with Gasteiger partial charge in [-0.2, -0.15) is 0 Å². The van der Waals surface area contributed by atoms with Crippen LogP contribution < -0.4 is 5.56 Å². The molecule has 0 saturated carbocycles. The summed E-state index contributed by atoms with van der Waals surface area (Å²) >= 11 is 0. The molecule has 1 aliphatic rings. The smallest absolute Gasteiger partial charge is 0.276 e. The van der Waals surface area contributed by atoms with Crippen LogP contribution in [-0.4, -0.2) is 37.1 Å². The Bertz CT molecular complexity index is 970. The van der Waals surface area contributed by atoms with Crippen molar-refractivity contribution >= 4 is 11.6 Å². The number of aromatic amines is 1. The van der Waals surface area contributed by atoms with E-state index in [1.807, 2.05) is 6.92 Å². The summed E-state index contributed by atoms with van der Waals surface area (Å²) < 4.78 is 6.54. The molecule has 0 spiro atoms. The Balaban J connectivity index is 1.70. The first-order valence-electron chi connectivity index (χ1n) is 8.51. The third-order valence-corrected chi connectivity index (χ3v) is 4.63. The number of aryl methyl sites for hydroxylation is 1. The first kappa shape index (κ1) is 15.6. The van der Waals surface area contributed by atoms with Crippen LogP contribution in [0.5, 0.6) is 0 Å². The summed E-state index contributed by atoms with van der Waals surface area (Å²) in [6, 6.07) is 4.70. The van der Waals surface area contributed by atoms with Crippen LogP contribution in [0.25, 0.3) is 5.65 Å². The fourth-order valence-corrected chi connectivity index (χ4v) is 3.33. The highest BCUT2D eigenvalue weighted by molar-refractivity contribution is 5.92. The molecule has 4 rings (SSSR count). The summed E-state index contributed by atoms with van der Waals surface area (Å²) in [5, 5.41) is 6.72. The summed E-state index contributed by atoms with van der Waals surface area (Å²) in [6.07, 6.45) is 5.04. The number of carbonyl (C=O) groups excluding carboxylic acids is 1. The van der Waals surface area contributed by atoms with Gasteiger partial charge in [-0.1, -0.05) is 12.1 Å². The molecule has 3 aromatic heterocycles. The van der Waals surface area contributed by atoms with Crippen LogP contribution in [0.3, 0.4) is 0 Å². The number of fused-ring (bicyclic) bond motifs is 1. The lowest BCUT2D eigenvalue weighted by Crippen LogP contribution is -2.39. The molecule has 4 heterocycles. The number of nitrogens with zero attached hydrogens (tertiary/aromatic N) is 4. The van der Waals surface area contributed by atoms with Crippen molar-refractivity contribution in [2.75, 3.05) is 6.54 Å². The Morgan fingerprint density at radius 3 is 3.08 bits per heavy atom. The predicted octanol–water partition coefficient (Wildman–Crippen LogP) is 1.94. The van der Waals surface area contributed by atoms with Crippen molar-refractivity contribution in [2.24, 2.45) is 0 Å². The minimum Gasteiger partial charge on any atom is -0.361 e. The van der Waals surface area contributed by atoms with Crippen LogP contribution in [-0.2, 0) is 6.42 Å². The molecular weight excluding hydrogens is 322 g/mol. The fraction of sp³-hybridized carbons (Fsp3) is 0.412. The lowest BCUT2D eigenvalue weighted by molar-refractivity contribution is 0.0595. The van der Waals surface area contributed by atoms with Crippen LogP contribution in [0, 0.1) is 0 Å². The molecule has 0 aromatic carbocycles. The van der Waals surface area contributed by atoms with Crippen molar-refractivity contribution in [1.29, 1.82) is 0 Å². The zero-order valence-corrected chi connectivity index (χ0v) is 13.9. The predicted molar refractivity (Wildman–Crippen MR) is 89.3 cm³/mol. The summed E-state index contributed by atoms with van der Waals surface area (Å²) in [7, 11) is 0. The molecule has 1 amide bonds. The van der Waals surface area contributed by atoms with Gasteiger partial charge in [-0.25, -0.2) is 9.50 Å². The Labute approximate surface area is 143 Å². The van der Waals surface area contributed by atoms with Crippen molar-refractivity contribution in [2.45, 2.75) is 38.6 Å². The number of hydrogen-bond acceptors (Lipinski definition) is 5. The van der Waals surface area contributed by atoms with Gasteiger partial charge >= 0.3 is 0 Å². The van der Waals surface area contributed by atoms with E-state index in [0.717, 1.165) is 19.3 Å². The highest BCUT2D eigenvalue weighted by Crippen LogP contribution is 2.30. The van der Waals surface area contributed by atoms with E-state index in [2.05, 4.69) is 15.2 Å². The van der Waals surface area contributed by atoms with Crippen LogP contribution in [0.15, 0.2) is 33.7 Å². The Morgan fingerprint density at radius 1 is 1.40 bits per heavy atom. The minimum atomic E-state index is -0.226. The second kappa shape index (κ2) is 6.19. The van der Waals surface area contributed by atoms with E-state index in [0.29, 0.717) is 35.8 Å². The number of H-pyrrole nitrogens is 1. The van der Waals surface area contributed by atoms with Crippen molar-refractivity contribution < 1.29 is 9.32 Å². The van der Waals surface area contributed by atoms with E-state index in [1.54, 1.807) is 23.2 Å². The van der Waals surface area contributed by atoms with Gasteiger partial charge in [0.05, 0.1) is 11.7 Å². The number of amides is 1. The number of piperidine rings is 1. The van der Waals surface area contributed by atoms with Crippen LogP contribution in [0.2, 0.25) is 0 Å². The third-order valence-electron chi connectivity index (χ3n) is 4.63. The Hall–Kier alpha value is -2.90. The minimum absolute atomic E-state index is 0.177. The topological polar surface area (TPSA) is 96.5 Å². The summed E-state index contributed by atoms with van der Waals surface area (Å²) in [5.74, 6) is 0.506. The van der Waals surface area contributed by atoms with Gasteiger partial charge in [-0.3, -0.25) is 14.7 Å². The van der Waals surface area contributed by atoms with Gasteiger partial charge in [0.15, 0.2) is 11.3 Å². The first-order valence-corrected chi connectivity index (χ1v) is 8.51. The zero-order chi connectivity index (χ0) is 17.4. The van der Waals surface area contributed by atoms with Crippen molar-refractivity contribution in [3.63, 3.8) is 0 Å². The molecule has 25 heavy (non-hydrogen) atoms. The number of hydrogen-bond donors (Lipinski definition) is 1. The SMILES string of the molecule is CCc1cc(C(=O)N2CCCCC2c2cc(=O)n3[nH]ccc3n2)no1. The largest absolute Gasteiger partial charge is 0.361 e. The molecule has 0 radical (unpaired) electrons. The van der Waals surface area contributed by atoms with E-state index in [-0.39, 0.29) is 17.5 Å². The summed E-state index contributed by atoms with van der Waals surface area (Å²) in [5.41, 5.74) is 1.30. The maximum atomic E-state index is 12.9. The maximum absolute atomic E-state index is 12.9. The molecule has 8 heteroatoms. The molecule has 1 fully saturated rings. The number of rotatable bonds is 3.